The monoisotopic (exact) mass is 236 g/mol. The molecule has 1 aromatic rings. The van der Waals surface area contributed by atoms with E-state index in [4.69, 9.17) is 9.47 Å². The maximum Gasteiger partial charge on any atom is 0.367 e. The van der Waals surface area contributed by atoms with Gasteiger partial charge in [0.15, 0.2) is 6.73 Å². The number of likely N-dealkylation sites (N-methyl/N-ethyl adjacent to an activating group) is 1. The van der Waals surface area contributed by atoms with Crippen LogP contribution < -0.4 is 0 Å². The Balaban J connectivity index is 2.15. The molecular formula is C13H18NO3+. The van der Waals surface area contributed by atoms with E-state index >= 15 is 0 Å². The molecule has 2 atom stereocenters. The van der Waals surface area contributed by atoms with E-state index in [0.717, 1.165) is 6.54 Å². The molecule has 1 saturated heterocycles. The molecule has 0 unspecified atom stereocenters. The van der Waals surface area contributed by atoms with Gasteiger partial charge in [0.25, 0.3) is 0 Å². The molecule has 92 valence electrons. The number of nitrogens with zero attached hydrogens (tertiary/aromatic N) is 1. The minimum atomic E-state index is -0.222. The highest BCUT2D eigenvalue weighted by molar-refractivity contribution is 5.74. The molecule has 4 heteroatoms. The molecule has 0 N–H and O–H groups in total. The van der Waals surface area contributed by atoms with Crippen LogP contribution in [0.1, 0.15) is 5.56 Å². The average Bonchev–Trinajstić information content (AvgIpc) is 2.71. The molecule has 1 heterocycles. The molecule has 1 fully saturated rings. The normalized spacial score (nSPS) is 28.0. The first kappa shape index (κ1) is 12.1. The Morgan fingerprint density at radius 2 is 2.18 bits per heavy atom. The van der Waals surface area contributed by atoms with Crippen molar-refractivity contribution in [3.8, 4) is 0 Å². The Bertz CT molecular complexity index is 393. The van der Waals surface area contributed by atoms with Crippen molar-refractivity contribution >= 4 is 5.97 Å². The minimum absolute atomic E-state index is 0.194. The van der Waals surface area contributed by atoms with Gasteiger partial charge in [-0.15, -0.1) is 0 Å². The van der Waals surface area contributed by atoms with Gasteiger partial charge in [0, 0.05) is 5.56 Å². The first-order chi connectivity index (χ1) is 8.15. The number of ether oxygens (including phenoxy) is 2. The lowest BCUT2D eigenvalue weighted by Crippen LogP contribution is -2.52. The molecule has 4 nitrogen and oxygen atoms in total. The summed E-state index contributed by atoms with van der Waals surface area (Å²) in [5.74, 6) is -0.194. The van der Waals surface area contributed by atoms with E-state index in [1.807, 2.05) is 25.2 Å². The summed E-state index contributed by atoms with van der Waals surface area (Å²) in [4.78, 5) is 11.7. The molecule has 0 saturated carbocycles. The maximum atomic E-state index is 11.7. The van der Waals surface area contributed by atoms with E-state index in [9.17, 15) is 4.79 Å². The Morgan fingerprint density at radius 3 is 2.82 bits per heavy atom. The molecule has 1 aliphatic heterocycles. The van der Waals surface area contributed by atoms with Crippen LogP contribution in [0, 0.1) is 0 Å². The van der Waals surface area contributed by atoms with Gasteiger partial charge in [0.05, 0.1) is 14.2 Å². The third kappa shape index (κ3) is 2.48. The highest BCUT2D eigenvalue weighted by Crippen LogP contribution is 2.23. The zero-order chi connectivity index (χ0) is 12.3. The van der Waals surface area contributed by atoms with Crippen molar-refractivity contribution in [2.24, 2.45) is 0 Å². The molecule has 0 bridgehead atoms. The van der Waals surface area contributed by atoms with Crippen molar-refractivity contribution in [1.82, 2.24) is 0 Å². The fourth-order valence-corrected chi connectivity index (χ4v) is 2.26. The number of benzene rings is 1. The summed E-state index contributed by atoms with van der Waals surface area (Å²) >= 11 is 0. The van der Waals surface area contributed by atoms with Crippen LogP contribution in [0.2, 0.25) is 0 Å². The number of carbonyl (C=O) groups is 1. The highest BCUT2D eigenvalue weighted by Gasteiger charge is 2.44. The number of methoxy groups -OCH3 is 1. The summed E-state index contributed by atoms with van der Waals surface area (Å²) in [7, 11) is 3.45. The van der Waals surface area contributed by atoms with Crippen LogP contribution in [0.5, 0.6) is 0 Å². The molecule has 0 amide bonds. The van der Waals surface area contributed by atoms with Crippen molar-refractivity contribution < 1.29 is 18.8 Å². The van der Waals surface area contributed by atoms with Crippen LogP contribution in [-0.4, -0.2) is 44.0 Å². The minimum Gasteiger partial charge on any atom is -0.465 e. The predicted octanol–water partition coefficient (Wildman–Crippen LogP) is 1.16. The lowest BCUT2D eigenvalue weighted by molar-refractivity contribution is -0.933. The molecule has 2 rings (SSSR count). The summed E-state index contributed by atoms with van der Waals surface area (Å²) in [5, 5.41) is 0. The Kier molecular flexibility index (Phi) is 3.45. The zero-order valence-electron chi connectivity index (χ0n) is 10.3. The average molecular weight is 236 g/mol. The van der Waals surface area contributed by atoms with Crippen molar-refractivity contribution in [3.05, 3.63) is 35.9 Å². The van der Waals surface area contributed by atoms with E-state index in [1.54, 1.807) is 0 Å². The van der Waals surface area contributed by atoms with Gasteiger partial charge in [-0.05, 0) is 0 Å². The fraction of sp³-hybridized carbons (Fsp3) is 0.462. The van der Waals surface area contributed by atoms with Crippen molar-refractivity contribution in [3.63, 3.8) is 0 Å². The van der Waals surface area contributed by atoms with Gasteiger partial charge in [-0.25, -0.2) is 4.79 Å². The molecule has 1 aromatic carbocycles. The summed E-state index contributed by atoms with van der Waals surface area (Å²) in [6.07, 6.45) is 0. The Morgan fingerprint density at radius 1 is 1.47 bits per heavy atom. The van der Waals surface area contributed by atoms with E-state index in [0.29, 0.717) is 17.8 Å². The highest BCUT2D eigenvalue weighted by atomic mass is 16.5. The van der Waals surface area contributed by atoms with Crippen LogP contribution in [0.4, 0.5) is 0 Å². The second-order valence-electron chi connectivity index (χ2n) is 4.66. The van der Waals surface area contributed by atoms with Gasteiger partial charge >= 0.3 is 5.97 Å². The van der Waals surface area contributed by atoms with Crippen molar-refractivity contribution in [2.45, 2.75) is 12.6 Å². The van der Waals surface area contributed by atoms with Crippen LogP contribution in [-0.2, 0) is 20.8 Å². The zero-order valence-corrected chi connectivity index (χ0v) is 10.3. The smallest absolute Gasteiger partial charge is 0.367 e. The van der Waals surface area contributed by atoms with Gasteiger partial charge in [-0.3, -0.25) is 4.48 Å². The molecule has 0 aliphatic carbocycles. The summed E-state index contributed by atoms with van der Waals surface area (Å²) < 4.78 is 10.8. The summed E-state index contributed by atoms with van der Waals surface area (Å²) in [6.45, 7) is 1.77. The second-order valence-corrected chi connectivity index (χ2v) is 4.66. The Labute approximate surface area is 101 Å². The first-order valence-corrected chi connectivity index (χ1v) is 5.69. The maximum absolute atomic E-state index is 11.7. The number of hydrogen-bond donors (Lipinski definition) is 0. The van der Waals surface area contributed by atoms with Gasteiger partial charge < -0.3 is 9.47 Å². The molecule has 1 aliphatic rings. The molecule has 0 spiro atoms. The quantitative estimate of drug-likeness (QED) is 0.583. The summed E-state index contributed by atoms with van der Waals surface area (Å²) in [5.41, 5.74) is 1.20. The van der Waals surface area contributed by atoms with Gasteiger partial charge in [-0.1, -0.05) is 30.3 Å². The number of carbonyl (C=O) groups excluding carboxylic acids is 1. The van der Waals surface area contributed by atoms with E-state index in [1.165, 1.54) is 12.7 Å². The topological polar surface area (TPSA) is 35.5 Å². The van der Waals surface area contributed by atoms with Gasteiger partial charge in [0.2, 0.25) is 6.04 Å². The SMILES string of the molecule is COC(=O)[C@@H]1COC[N@@+]1(C)Cc1ccccc1. The Hall–Kier alpha value is -1.39. The fourth-order valence-electron chi connectivity index (χ4n) is 2.26. The molecule has 17 heavy (non-hydrogen) atoms. The lowest BCUT2D eigenvalue weighted by atomic mass is 10.1. The van der Waals surface area contributed by atoms with Crippen molar-refractivity contribution in [2.75, 3.05) is 27.5 Å². The largest absolute Gasteiger partial charge is 0.465 e. The lowest BCUT2D eigenvalue weighted by Gasteiger charge is -2.32. The standard InChI is InChI=1S/C13H18NO3/c1-14(8-11-6-4-3-5-7-11)10-17-9-12(14)13(15)16-2/h3-7,12H,8-10H2,1-2H3/q+1/t12-,14+/m0/s1. The molecular weight excluding hydrogens is 218 g/mol. The van der Waals surface area contributed by atoms with Crippen LogP contribution >= 0.6 is 0 Å². The third-order valence-electron chi connectivity index (χ3n) is 3.27. The molecule has 0 aromatic heterocycles. The van der Waals surface area contributed by atoms with Crippen molar-refractivity contribution in [1.29, 1.82) is 0 Å². The first-order valence-electron chi connectivity index (χ1n) is 5.69. The van der Waals surface area contributed by atoms with Crippen LogP contribution in [0.3, 0.4) is 0 Å². The second kappa shape index (κ2) is 4.85. The van der Waals surface area contributed by atoms with Crippen LogP contribution in [0.25, 0.3) is 0 Å². The summed E-state index contributed by atoms with van der Waals surface area (Å²) in [6, 6.07) is 9.91. The number of hydrogen-bond acceptors (Lipinski definition) is 3. The third-order valence-corrected chi connectivity index (χ3v) is 3.27. The van der Waals surface area contributed by atoms with E-state index < -0.39 is 0 Å². The predicted molar refractivity (Wildman–Crippen MR) is 63.0 cm³/mol. The van der Waals surface area contributed by atoms with Gasteiger partial charge in [-0.2, -0.15) is 0 Å². The van der Waals surface area contributed by atoms with E-state index in [-0.39, 0.29) is 12.0 Å². The van der Waals surface area contributed by atoms with Crippen LogP contribution in [0.15, 0.2) is 30.3 Å². The van der Waals surface area contributed by atoms with E-state index in [2.05, 4.69) is 12.1 Å². The van der Waals surface area contributed by atoms with Gasteiger partial charge in [0.1, 0.15) is 13.2 Å². The molecule has 0 radical (unpaired) electrons. The number of quaternary nitrogens is 1. The number of esters is 1. The number of rotatable bonds is 3.